The van der Waals surface area contributed by atoms with Crippen molar-refractivity contribution in [2.24, 2.45) is 5.73 Å². The van der Waals surface area contributed by atoms with E-state index >= 15 is 0 Å². The summed E-state index contributed by atoms with van der Waals surface area (Å²) in [5.74, 6) is 0.732. The van der Waals surface area contributed by atoms with Crippen LogP contribution >= 0.6 is 12.8 Å². The van der Waals surface area contributed by atoms with Gasteiger partial charge in [0.25, 0.3) is 0 Å². The van der Waals surface area contributed by atoms with Crippen molar-refractivity contribution in [2.45, 2.75) is 38.5 Å². The minimum atomic E-state index is -0.611. The fraction of sp³-hybridized carbons (Fsp3) is 0.480. The van der Waals surface area contributed by atoms with E-state index in [2.05, 4.69) is 52.9 Å². The number of carbonyl (C=O) groups is 1. The van der Waals surface area contributed by atoms with E-state index in [-0.39, 0.29) is 0 Å². The molecule has 6 nitrogen and oxygen atoms in total. The molecule has 0 unspecified atom stereocenters. The second-order valence-corrected chi connectivity index (χ2v) is 8.68. The molecule has 0 radical (unpaired) electrons. The smallest absolute Gasteiger partial charge is 0.329 e. The number of amides is 2. The number of hydrogen-bond donors (Lipinski definition) is 2. The lowest BCUT2D eigenvalue weighted by molar-refractivity contribution is 0.251. The number of ether oxygens (including phenoxy) is 1. The Balaban J connectivity index is 1.18. The zero-order valence-corrected chi connectivity index (χ0v) is 19.8. The van der Waals surface area contributed by atoms with Crippen molar-refractivity contribution in [3.05, 3.63) is 54.6 Å². The molecule has 2 aromatic carbocycles. The number of primary amides is 1. The highest BCUT2D eigenvalue weighted by Crippen LogP contribution is 2.22. The van der Waals surface area contributed by atoms with E-state index in [0.29, 0.717) is 12.3 Å². The minimum Gasteiger partial charge on any atom is -0.494 e. The lowest BCUT2D eigenvalue weighted by Gasteiger charge is -2.36. The number of hydrogen-bond acceptors (Lipinski definition) is 5. The molecule has 0 aromatic heterocycles. The van der Waals surface area contributed by atoms with Crippen molar-refractivity contribution in [1.29, 1.82) is 0 Å². The van der Waals surface area contributed by atoms with E-state index in [1.807, 2.05) is 12.1 Å². The number of nitrogens with two attached hydrogens (primary N) is 1. The first-order chi connectivity index (χ1) is 15.6. The molecule has 0 bridgehead atoms. The second kappa shape index (κ2) is 13.2. The third kappa shape index (κ3) is 7.95. The first kappa shape index (κ1) is 24.3. The van der Waals surface area contributed by atoms with Crippen LogP contribution in [-0.2, 0) is 0 Å². The molecule has 32 heavy (non-hydrogen) atoms. The molecule has 0 spiro atoms. The summed E-state index contributed by atoms with van der Waals surface area (Å²) in [6.07, 6.45) is 7.33. The van der Waals surface area contributed by atoms with Crippen LogP contribution in [0, 0.1) is 0 Å². The van der Waals surface area contributed by atoms with Gasteiger partial charge >= 0.3 is 6.03 Å². The van der Waals surface area contributed by atoms with Crippen LogP contribution in [0.25, 0.3) is 0 Å². The van der Waals surface area contributed by atoms with Crippen molar-refractivity contribution in [3.63, 3.8) is 0 Å². The number of rotatable bonds is 12. The van der Waals surface area contributed by atoms with Crippen LogP contribution in [0.5, 0.6) is 5.75 Å². The quantitative estimate of drug-likeness (QED) is 0.350. The Morgan fingerprint density at radius 2 is 1.59 bits per heavy atom. The summed E-state index contributed by atoms with van der Waals surface area (Å²) in [6.45, 7) is 6.48. The van der Waals surface area contributed by atoms with Crippen LogP contribution in [0.15, 0.2) is 54.6 Å². The Bertz CT molecular complexity index is 813. The van der Waals surface area contributed by atoms with E-state index < -0.39 is 6.03 Å². The molecular formula is C25H36N4O2S. The van der Waals surface area contributed by atoms with Gasteiger partial charge in [0.05, 0.1) is 12.3 Å². The number of urea groups is 1. The lowest BCUT2D eigenvalue weighted by Crippen LogP contribution is -2.46. The summed E-state index contributed by atoms with van der Waals surface area (Å²) < 4.78 is 6.91. The number of para-hydroxylation sites is 1. The van der Waals surface area contributed by atoms with Gasteiger partial charge in [-0.15, -0.1) is 0 Å². The monoisotopic (exact) mass is 456 g/mol. The van der Waals surface area contributed by atoms with Crippen LogP contribution < -0.4 is 19.7 Å². The highest BCUT2D eigenvalue weighted by atomic mass is 32.1. The molecule has 1 aliphatic heterocycles. The van der Waals surface area contributed by atoms with Crippen LogP contribution in [0.3, 0.4) is 0 Å². The number of carbonyl (C=O) groups excluding carboxylic acids is 1. The lowest BCUT2D eigenvalue weighted by atomic mass is 10.1. The molecule has 2 N–H and O–H groups in total. The van der Waals surface area contributed by atoms with Crippen molar-refractivity contribution in [2.75, 3.05) is 48.5 Å². The van der Waals surface area contributed by atoms with Gasteiger partial charge in [-0.25, -0.2) is 9.10 Å². The van der Waals surface area contributed by atoms with Gasteiger partial charge in [0.1, 0.15) is 5.75 Å². The molecular weight excluding hydrogens is 420 g/mol. The Morgan fingerprint density at radius 1 is 0.906 bits per heavy atom. The normalized spacial score (nSPS) is 14.3. The highest BCUT2D eigenvalue weighted by molar-refractivity contribution is 7.82. The van der Waals surface area contributed by atoms with Crippen molar-refractivity contribution >= 4 is 30.2 Å². The zero-order valence-electron chi connectivity index (χ0n) is 18.9. The molecule has 1 fully saturated rings. The van der Waals surface area contributed by atoms with Crippen molar-refractivity contribution in [1.82, 2.24) is 4.90 Å². The molecule has 2 aromatic rings. The molecule has 7 heteroatoms. The van der Waals surface area contributed by atoms with E-state index in [1.54, 1.807) is 12.1 Å². The fourth-order valence-corrected chi connectivity index (χ4v) is 4.16. The van der Waals surface area contributed by atoms with Crippen LogP contribution in [-0.4, -0.2) is 50.3 Å². The van der Waals surface area contributed by atoms with Gasteiger partial charge in [0.2, 0.25) is 0 Å². The minimum absolute atomic E-state index is 0.611. The average Bonchev–Trinajstić information content (AvgIpc) is 2.83. The third-order valence-corrected chi connectivity index (χ3v) is 6.33. The van der Waals surface area contributed by atoms with E-state index in [9.17, 15) is 4.79 Å². The number of anilines is 2. The largest absolute Gasteiger partial charge is 0.494 e. The summed E-state index contributed by atoms with van der Waals surface area (Å²) in [6, 6.07) is 17.4. The predicted octanol–water partition coefficient (Wildman–Crippen LogP) is 4.96. The molecule has 0 aliphatic carbocycles. The second-order valence-electron chi connectivity index (χ2n) is 8.28. The maximum atomic E-state index is 11.2. The van der Waals surface area contributed by atoms with Gasteiger partial charge in [-0.1, -0.05) is 62.8 Å². The number of unbranched alkanes of at least 4 members (excludes halogenated alkanes) is 5. The number of thiol groups is 1. The van der Waals surface area contributed by atoms with Gasteiger partial charge in [-0.3, -0.25) is 4.90 Å². The molecule has 174 valence electrons. The van der Waals surface area contributed by atoms with Gasteiger partial charge in [-0.05, 0) is 43.7 Å². The molecule has 1 aliphatic rings. The summed E-state index contributed by atoms with van der Waals surface area (Å²) >= 11 is 4.08. The predicted molar refractivity (Wildman–Crippen MR) is 136 cm³/mol. The van der Waals surface area contributed by atoms with Crippen LogP contribution in [0.2, 0.25) is 0 Å². The first-order valence-corrected chi connectivity index (χ1v) is 12.1. The van der Waals surface area contributed by atoms with Gasteiger partial charge in [0, 0.05) is 37.9 Å². The summed E-state index contributed by atoms with van der Waals surface area (Å²) in [5.41, 5.74) is 7.20. The summed E-state index contributed by atoms with van der Waals surface area (Å²) in [4.78, 5) is 16.3. The molecule has 1 saturated heterocycles. The topological polar surface area (TPSA) is 62.0 Å². The maximum absolute atomic E-state index is 11.2. The standard InChI is InChI=1S/C25H36N4O2S/c26-25(30)29(32)23-13-10-14-24(21-23)31-20-9-4-2-1-3-8-15-27-16-18-28(19-17-27)22-11-6-5-7-12-22/h5-7,10-14,21,32H,1-4,8-9,15-20H2,(H2,26,30). The summed E-state index contributed by atoms with van der Waals surface area (Å²) in [7, 11) is 0. The van der Waals surface area contributed by atoms with Crippen LogP contribution in [0.1, 0.15) is 38.5 Å². The van der Waals surface area contributed by atoms with E-state index in [4.69, 9.17) is 10.5 Å². The van der Waals surface area contributed by atoms with Crippen molar-refractivity contribution < 1.29 is 9.53 Å². The maximum Gasteiger partial charge on any atom is 0.329 e. The molecule has 1 heterocycles. The Kier molecular flexibility index (Phi) is 10.0. The zero-order chi connectivity index (χ0) is 22.6. The van der Waals surface area contributed by atoms with E-state index in [1.165, 1.54) is 44.3 Å². The summed E-state index contributed by atoms with van der Waals surface area (Å²) in [5, 5.41) is 0. The molecule has 0 saturated carbocycles. The highest BCUT2D eigenvalue weighted by Gasteiger charge is 2.16. The van der Waals surface area contributed by atoms with Crippen molar-refractivity contribution in [3.8, 4) is 5.75 Å². The molecule has 2 amide bonds. The van der Waals surface area contributed by atoms with E-state index in [0.717, 1.165) is 42.7 Å². The number of benzene rings is 2. The Labute approximate surface area is 197 Å². The fourth-order valence-electron chi connectivity index (χ4n) is 4.04. The van der Waals surface area contributed by atoms with Crippen LogP contribution in [0.4, 0.5) is 16.2 Å². The Morgan fingerprint density at radius 3 is 2.31 bits per heavy atom. The average molecular weight is 457 g/mol. The van der Waals surface area contributed by atoms with Gasteiger partial charge in [0.15, 0.2) is 0 Å². The third-order valence-electron chi connectivity index (χ3n) is 5.90. The Hall–Kier alpha value is -2.38. The number of nitrogens with zero attached hydrogens (tertiary/aromatic N) is 3. The van der Waals surface area contributed by atoms with Gasteiger partial charge in [-0.2, -0.15) is 0 Å². The molecule has 0 atom stereocenters. The molecule has 3 rings (SSSR count). The van der Waals surface area contributed by atoms with Gasteiger partial charge < -0.3 is 15.4 Å². The SMILES string of the molecule is NC(=O)N(S)c1cccc(OCCCCCCCCN2CCN(c3ccccc3)CC2)c1. The first-order valence-electron chi connectivity index (χ1n) is 11.7. The number of piperazine rings is 1.